The second-order valence-corrected chi connectivity index (χ2v) is 4.69. The predicted octanol–water partition coefficient (Wildman–Crippen LogP) is 3.32. The first-order valence-electron chi connectivity index (χ1n) is 6.19. The Balaban J connectivity index is 2.88. The number of rotatable bonds is 4. The molecule has 0 aliphatic rings. The van der Waals surface area contributed by atoms with Crippen LogP contribution >= 0.6 is 0 Å². The lowest BCUT2D eigenvalue weighted by Gasteiger charge is -2.23. The molecule has 0 unspecified atom stereocenters. The Kier molecular flexibility index (Phi) is 5.01. The molecule has 0 saturated carbocycles. The van der Waals surface area contributed by atoms with Crippen molar-refractivity contribution in [3.8, 4) is 5.75 Å². The van der Waals surface area contributed by atoms with E-state index in [4.69, 9.17) is 4.74 Å². The zero-order valence-corrected chi connectivity index (χ0v) is 11.4. The van der Waals surface area contributed by atoms with Gasteiger partial charge in [0.25, 0.3) is 0 Å². The number of carbonyl (C=O) groups is 1. The van der Waals surface area contributed by atoms with Crippen LogP contribution in [-0.2, 0) is 4.74 Å². The minimum Gasteiger partial charge on any atom is -0.508 e. The first kappa shape index (κ1) is 14.4. The van der Waals surface area contributed by atoms with Crippen molar-refractivity contribution in [3.63, 3.8) is 0 Å². The van der Waals surface area contributed by atoms with Crippen LogP contribution in [-0.4, -0.2) is 24.4 Å². The van der Waals surface area contributed by atoms with Gasteiger partial charge in [0, 0.05) is 12.6 Å². The van der Waals surface area contributed by atoms with Crippen LogP contribution in [0, 0.1) is 12.8 Å². The van der Waals surface area contributed by atoms with Crippen molar-refractivity contribution in [2.45, 2.75) is 27.7 Å². The summed E-state index contributed by atoms with van der Waals surface area (Å²) < 4.78 is 5.21. The average Bonchev–Trinajstić information content (AvgIpc) is 2.32. The summed E-state index contributed by atoms with van der Waals surface area (Å²) in [7, 11) is 0. The van der Waals surface area contributed by atoms with Crippen LogP contribution in [0.15, 0.2) is 18.2 Å². The van der Waals surface area contributed by atoms with Crippen LogP contribution in [0.1, 0.15) is 26.3 Å². The summed E-state index contributed by atoms with van der Waals surface area (Å²) in [6.07, 6.45) is -0.375. The maximum Gasteiger partial charge on any atom is 0.414 e. The van der Waals surface area contributed by atoms with E-state index < -0.39 is 0 Å². The van der Waals surface area contributed by atoms with E-state index in [0.29, 0.717) is 24.8 Å². The molecule has 4 nitrogen and oxygen atoms in total. The molecule has 0 aromatic heterocycles. The normalized spacial score (nSPS) is 10.5. The molecule has 0 fully saturated rings. The molecule has 0 spiro atoms. The van der Waals surface area contributed by atoms with Gasteiger partial charge in [-0.05, 0) is 31.4 Å². The van der Waals surface area contributed by atoms with Crippen LogP contribution in [0.4, 0.5) is 10.5 Å². The summed E-state index contributed by atoms with van der Waals surface area (Å²) in [6, 6.07) is 4.96. The topological polar surface area (TPSA) is 49.8 Å². The number of hydrogen-bond acceptors (Lipinski definition) is 3. The SMILES string of the molecule is CCN(C(=O)OCC(C)C)c1cc(O)ccc1C. The Labute approximate surface area is 108 Å². The van der Waals surface area contributed by atoms with E-state index in [-0.39, 0.29) is 11.8 Å². The van der Waals surface area contributed by atoms with E-state index in [1.165, 1.54) is 4.90 Å². The Morgan fingerprint density at radius 1 is 1.44 bits per heavy atom. The van der Waals surface area contributed by atoms with Crippen molar-refractivity contribution < 1.29 is 14.6 Å². The van der Waals surface area contributed by atoms with Crippen molar-refractivity contribution in [2.75, 3.05) is 18.1 Å². The minimum absolute atomic E-state index is 0.144. The third-order valence-electron chi connectivity index (χ3n) is 2.56. The van der Waals surface area contributed by atoms with Crippen LogP contribution in [0.2, 0.25) is 0 Å². The zero-order valence-electron chi connectivity index (χ0n) is 11.4. The summed E-state index contributed by atoms with van der Waals surface area (Å²) >= 11 is 0. The van der Waals surface area contributed by atoms with E-state index in [9.17, 15) is 9.90 Å². The lowest BCUT2D eigenvalue weighted by Crippen LogP contribution is -2.32. The molecule has 100 valence electrons. The molecule has 0 aliphatic heterocycles. The number of nitrogens with zero attached hydrogens (tertiary/aromatic N) is 1. The summed E-state index contributed by atoms with van der Waals surface area (Å²) in [5, 5.41) is 9.50. The van der Waals surface area contributed by atoms with E-state index in [2.05, 4.69) is 0 Å². The van der Waals surface area contributed by atoms with Gasteiger partial charge in [-0.15, -0.1) is 0 Å². The van der Waals surface area contributed by atoms with Gasteiger partial charge in [-0.1, -0.05) is 19.9 Å². The van der Waals surface area contributed by atoms with E-state index in [1.807, 2.05) is 27.7 Å². The van der Waals surface area contributed by atoms with Gasteiger partial charge < -0.3 is 9.84 Å². The summed E-state index contributed by atoms with van der Waals surface area (Å²) in [5.74, 6) is 0.448. The minimum atomic E-state index is -0.375. The monoisotopic (exact) mass is 251 g/mol. The third kappa shape index (κ3) is 3.65. The number of amides is 1. The fraction of sp³-hybridized carbons (Fsp3) is 0.500. The highest BCUT2D eigenvalue weighted by molar-refractivity contribution is 5.88. The Hall–Kier alpha value is -1.71. The molecule has 0 heterocycles. The van der Waals surface area contributed by atoms with Gasteiger partial charge in [-0.2, -0.15) is 0 Å². The van der Waals surface area contributed by atoms with E-state index >= 15 is 0 Å². The molecule has 0 saturated heterocycles. The van der Waals surface area contributed by atoms with Crippen molar-refractivity contribution >= 4 is 11.8 Å². The number of phenols is 1. The second-order valence-electron chi connectivity index (χ2n) is 4.69. The second kappa shape index (κ2) is 6.28. The van der Waals surface area contributed by atoms with E-state index in [0.717, 1.165) is 5.56 Å². The number of carbonyl (C=O) groups excluding carboxylic acids is 1. The number of phenolic OH excluding ortho intramolecular Hbond substituents is 1. The Bertz CT molecular complexity index is 416. The maximum atomic E-state index is 12.0. The number of aromatic hydroxyl groups is 1. The van der Waals surface area contributed by atoms with Crippen molar-refractivity contribution in [1.29, 1.82) is 0 Å². The highest BCUT2D eigenvalue weighted by Gasteiger charge is 2.18. The molecule has 0 radical (unpaired) electrons. The molecule has 1 rings (SSSR count). The summed E-state index contributed by atoms with van der Waals surface area (Å²) in [5.41, 5.74) is 1.61. The van der Waals surface area contributed by atoms with Crippen LogP contribution in [0.5, 0.6) is 5.75 Å². The lowest BCUT2D eigenvalue weighted by atomic mass is 10.1. The standard InChI is InChI=1S/C14H21NO3/c1-5-15(14(17)18-9-10(2)3)13-8-12(16)7-6-11(13)4/h6-8,10,16H,5,9H2,1-4H3. The Morgan fingerprint density at radius 2 is 2.11 bits per heavy atom. The Morgan fingerprint density at radius 3 is 2.67 bits per heavy atom. The number of aryl methyl sites for hydroxylation is 1. The molecule has 4 heteroatoms. The number of benzene rings is 1. The molecular weight excluding hydrogens is 230 g/mol. The smallest absolute Gasteiger partial charge is 0.414 e. The van der Waals surface area contributed by atoms with Crippen LogP contribution in [0.3, 0.4) is 0 Å². The molecule has 1 aromatic rings. The molecule has 0 bridgehead atoms. The third-order valence-corrected chi connectivity index (χ3v) is 2.56. The molecule has 0 atom stereocenters. The van der Waals surface area contributed by atoms with Gasteiger partial charge in [0.15, 0.2) is 0 Å². The van der Waals surface area contributed by atoms with Crippen LogP contribution in [0.25, 0.3) is 0 Å². The van der Waals surface area contributed by atoms with E-state index in [1.54, 1.807) is 18.2 Å². The van der Waals surface area contributed by atoms with Crippen LogP contribution < -0.4 is 4.90 Å². The van der Waals surface area contributed by atoms with Gasteiger partial charge in [-0.3, -0.25) is 4.90 Å². The van der Waals surface area contributed by atoms with Gasteiger partial charge in [0.2, 0.25) is 0 Å². The molecule has 1 N–H and O–H groups in total. The number of hydrogen-bond donors (Lipinski definition) is 1. The lowest BCUT2D eigenvalue weighted by molar-refractivity contribution is 0.140. The maximum absolute atomic E-state index is 12.0. The molecule has 0 aliphatic carbocycles. The van der Waals surface area contributed by atoms with Gasteiger partial charge in [0.05, 0.1) is 12.3 Å². The highest BCUT2D eigenvalue weighted by Crippen LogP contribution is 2.25. The first-order chi connectivity index (χ1) is 8.45. The molecular formula is C14H21NO3. The fourth-order valence-corrected chi connectivity index (χ4v) is 1.60. The molecule has 1 amide bonds. The largest absolute Gasteiger partial charge is 0.508 e. The van der Waals surface area contributed by atoms with Gasteiger partial charge in [0.1, 0.15) is 5.75 Å². The summed E-state index contributed by atoms with van der Waals surface area (Å²) in [6.45, 7) is 8.65. The quantitative estimate of drug-likeness (QED) is 0.893. The fourth-order valence-electron chi connectivity index (χ4n) is 1.60. The molecule has 1 aromatic carbocycles. The number of ether oxygens (including phenoxy) is 1. The highest BCUT2D eigenvalue weighted by atomic mass is 16.6. The number of anilines is 1. The summed E-state index contributed by atoms with van der Waals surface area (Å²) in [4.78, 5) is 13.5. The first-order valence-corrected chi connectivity index (χ1v) is 6.19. The van der Waals surface area contributed by atoms with Gasteiger partial charge >= 0.3 is 6.09 Å². The van der Waals surface area contributed by atoms with Crippen molar-refractivity contribution in [3.05, 3.63) is 23.8 Å². The molecule has 18 heavy (non-hydrogen) atoms. The van der Waals surface area contributed by atoms with Crippen molar-refractivity contribution in [1.82, 2.24) is 0 Å². The average molecular weight is 251 g/mol. The predicted molar refractivity (Wildman–Crippen MR) is 72.0 cm³/mol. The zero-order chi connectivity index (χ0) is 13.7. The van der Waals surface area contributed by atoms with Crippen molar-refractivity contribution in [2.24, 2.45) is 5.92 Å². The van der Waals surface area contributed by atoms with Gasteiger partial charge in [-0.25, -0.2) is 4.79 Å².